The van der Waals surface area contributed by atoms with Gasteiger partial charge in [-0.3, -0.25) is 0 Å². The van der Waals surface area contributed by atoms with Crippen LogP contribution < -0.4 is 5.32 Å². The average Bonchev–Trinajstić information content (AvgIpc) is 3.06. The summed E-state index contributed by atoms with van der Waals surface area (Å²) in [6, 6.07) is 5.18. The SMILES string of the molecule is C=CCCCOCc1ccc(CNC2CC2)s1. The highest BCUT2D eigenvalue weighted by Crippen LogP contribution is 2.22. The van der Waals surface area contributed by atoms with E-state index in [1.807, 2.05) is 17.4 Å². The number of hydrogen-bond donors (Lipinski definition) is 1. The second kappa shape index (κ2) is 6.94. The highest BCUT2D eigenvalue weighted by molar-refractivity contribution is 7.11. The molecule has 0 radical (unpaired) electrons. The third-order valence-electron chi connectivity index (χ3n) is 2.80. The Morgan fingerprint density at radius 1 is 1.41 bits per heavy atom. The first-order chi connectivity index (χ1) is 8.38. The van der Waals surface area contributed by atoms with E-state index in [9.17, 15) is 0 Å². The second-order valence-corrected chi connectivity index (χ2v) is 5.76. The van der Waals surface area contributed by atoms with Gasteiger partial charge in [0.25, 0.3) is 0 Å². The number of rotatable bonds is 9. The Bertz CT molecular complexity index is 344. The van der Waals surface area contributed by atoms with Gasteiger partial charge in [-0.05, 0) is 37.8 Å². The topological polar surface area (TPSA) is 21.3 Å². The molecule has 1 aromatic rings. The molecule has 2 nitrogen and oxygen atoms in total. The van der Waals surface area contributed by atoms with Gasteiger partial charge in [0.05, 0.1) is 6.61 Å². The zero-order chi connectivity index (χ0) is 11.9. The molecule has 1 saturated carbocycles. The lowest BCUT2D eigenvalue weighted by Crippen LogP contribution is -2.14. The van der Waals surface area contributed by atoms with Crippen LogP contribution in [0.5, 0.6) is 0 Å². The van der Waals surface area contributed by atoms with Gasteiger partial charge in [-0.25, -0.2) is 0 Å². The molecule has 1 aliphatic rings. The molecule has 94 valence electrons. The van der Waals surface area contributed by atoms with Crippen LogP contribution in [-0.4, -0.2) is 12.6 Å². The van der Waals surface area contributed by atoms with Crippen molar-refractivity contribution >= 4 is 11.3 Å². The molecular formula is C14H21NOS. The molecule has 0 amide bonds. The van der Waals surface area contributed by atoms with Crippen molar-refractivity contribution < 1.29 is 4.74 Å². The zero-order valence-corrected chi connectivity index (χ0v) is 11.1. The molecule has 1 N–H and O–H groups in total. The smallest absolute Gasteiger partial charge is 0.0809 e. The highest BCUT2D eigenvalue weighted by Gasteiger charge is 2.20. The molecule has 1 fully saturated rings. The lowest BCUT2D eigenvalue weighted by Gasteiger charge is -2.01. The summed E-state index contributed by atoms with van der Waals surface area (Å²) in [6.45, 7) is 6.31. The molecule has 2 rings (SSSR count). The molecule has 0 saturated heterocycles. The summed E-state index contributed by atoms with van der Waals surface area (Å²) in [5, 5.41) is 3.53. The minimum absolute atomic E-state index is 0.755. The monoisotopic (exact) mass is 251 g/mol. The van der Waals surface area contributed by atoms with Crippen molar-refractivity contribution in [2.75, 3.05) is 6.61 Å². The fourth-order valence-corrected chi connectivity index (χ4v) is 2.54. The first kappa shape index (κ1) is 12.8. The maximum absolute atomic E-state index is 5.62. The summed E-state index contributed by atoms with van der Waals surface area (Å²) in [5.41, 5.74) is 0. The molecule has 1 heterocycles. The van der Waals surface area contributed by atoms with Gasteiger partial charge in [0.1, 0.15) is 0 Å². The number of ether oxygens (including phenoxy) is 1. The van der Waals surface area contributed by atoms with Gasteiger partial charge >= 0.3 is 0 Å². The summed E-state index contributed by atoms with van der Waals surface area (Å²) in [5.74, 6) is 0. The van der Waals surface area contributed by atoms with Crippen molar-refractivity contribution in [3.8, 4) is 0 Å². The summed E-state index contributed by atoms with van der Waals surface area (Å²) < 4.78 is 5.62. The first-order valence-electron chi connectivity index (χ1n) is 6.38. The van der Waals surface area contributed by atoms with Gasteiger partial charge in [0.15, 0.2) is 0 Å². The average molecular weight is 251 g/mol. The van der Waals surface area contributed by atoms with Crippen LogP contribution in [0.3, 0.4) is 0 Å². The predicted octanol–water partition coefficient (Wildman–Crippen LogP) is 3.48. The number of nitrogens with one attached hydrogen (secondary N) is 1. The number of unbranched alkanes of at least 4 members (excludes halogenated alkanes) is 1. The van der Waals surface area contributed by atoms with Gasteiger partial charge in [-0.1, -0.05) is 6.08 Å². The Kier molecular flexibility index (Phi) is 5.23. The fourth-order valence-electron chi connectivity index (χ4n) is 1.63. The molecule has 0 unspecified atom stereocenters. The van der Waals surface area contributed by atoms with E-state index >= 15 is 0 Å². The van der Waals surface area contributed by atoms with E-state index in [0.717, 1.165) is 38.6 Å². The number of thiophene rings is 1. The van der Waals surface area contributed by atoms with Crippen molar-refractivity contribution in [3.63, 3.8) is 0 Å². The van der Waals surface area contributed by atoms with Gasteiger partial charge < -0.3 is 10.1 Å². The van der Waals surface area contributed by atoms with E-state index in [-0.39, 0.29) is 0 Å². The van der Waals surface area contributed by atoms with Crippen molar-refractivity contribution in [3.05, 3.63) is 34.5 Å². The van der Waals surface area contributed by atoms with Gasteiger partial charge in [0, 0.05) is 28.9 Å². The van der Waals surface area contributed by atoms with Gasteiger partial charge in [-0.15, -0.1) is 17.9 Å². The Labute approximate surface area is 108 Å². The third-order valence-corrected chi connectivity index (χ3v) is 3.86. The predicted molar refractivity (Wildman–Crippen MR) is 73.3 cm³/mol. The summed E-state index contributed by atoms with van der Waals surface area (Å²) in [4.78, 5) is 2.75. The van der Waals surface area contributed by atoms with Crippen molar-refractivity contribution in [1.29, 1.82) is 0 Å². The van der Waals surface area contributed by atoms with E-state index in [2.05, 4.69) is 24.0 Å². The van der Waals surface area contributed by atoms with Crippen molar-refractivity contribution in [2.45, 2.75) is 44.9 Å². The molecule has 1 aromatic heterocycles. The Balaban J connectivity index is 1.61. The van der Waals surface area contributed by atoms with E-state index in [0.29, 0.717) is 0 Å². The van der Waals surface area contributed by atoms with Crippen LogP contribution in [0.2, 0.25) is 0 Å². The van der Waals surface area contributed by atoms with E-state index < -0.39 is 0 Å². The molecule has 0 bridgehead atoms. The summed E-state index contributed by atoms with van der Waals surface area (Å²) in [7, 11) is 0. The molecular weight excluding hydrogens is 230 g/mol. The van der Waals surface area contributed by atoms with Crippen molar-refractivity contribution in [2.24, 2.45) is 0 Å². The van der Waals surface area contributed by atoms with Crippen molar-refractivity contribution in [1.82, 2.24) is 5.32 Å². The maximum atomic E-state index is 5.62. The lowest BCUT2D eigenvalue weighted by molar-refractivity contribution is 0.121. The third kappa shape index (κ3) is 5.02. The molecule has 17 heavy (non-hydrogen) atoms. The summed E-state index contributed by atoms with van der Waals surface area (Å²) >= 11 is 1.86. The number of hydrogen-bond acceptors (Lipinski definition) is 3. The Morgan fingerprint density at radius 2 is 2.24 bits per heavy atom. The molecule has 0 atom stereocenters. The molecule has 3 heteroatoms. The zero-order valence-electron chi connectivity index (χ0n) is 10.3. The van der Waals surface area contributed by atoms with E-state index in [1.165, 1.54) is 22.6 Å². The van der Waals surface area contributed by atoms with E-state index in [1.54, 1.807) is 0 Å². The lowest BCUT2D eigenvalue weighted by atomic mass is 10.3. The largest absolute Gasteiger partial charge is 0.376 e. The van der Waals surface area contributed by atoms with E-state index in [4.69, 9.17) is 4.74 Å². The minimum Gasteiger partial charge on any atom is -0.376 e. The van der Waals surface area contributed by atoms with Crippen LogP contribution in [0, 0.1) is 0 Å². The quantitative estimate of drug-likeness (QED) is 0.536. The molecule has 0 aliphatic heterocycles. The summed E-state index contributed by atoms with van der Waals surface area (Å²) in [6.07, 6.45) is 6.76. The fraction of sp³-hybridized carbons (Fsp3) is 0.571. The normalized spacial score (nSPS) is 15.1. The maximum Gasteiger partial charge on any atom is 0.0809 e. The molecule has 1 aliphatic carbocycles. The number of allylic oxidation sites excluding steroid dienone is 1. The minimum atomic E-state index is 0.755. The second-order valence-electron chi connectivity index (χ2n) is 4.51. The van der Waals surface area contributed by atoms with Gasteiger partial charge in [-0.2, -0.15) is 0 Å². The van der Waals surface area contributed by atoms with Crippen LogP contribution in [0.25, 0.3) is 0 Å². The Morgan fingerprint density at radius 3 is 3.00 bits per heavy atom. The first-order valence-corrected chi connectivity index (χ1v) is 7.20. The highest BCUT2D eigenvalue weighted by atomic mass is 32.1. The van der Waals surface area contributed by atoms with Crippen LogP contribution in [0.15, 0.2) is 24.8 Å². The Hall–Kier alpha value is -0.640. The molecule has 0 spiro atoms. The van der Waals surface area contributed by atoms with Crippen LogP contribution in [0.4, 0.5) is 0 Å². The standard InChI is InChI=1S/C14H21NOS/c1-2-3-4-9-16-11-14-8-7-13(17-14)10-15-12-5-6-12/h2,7-8,12,15H,1,3-6,9-11H2. The van der Waals surface area contributed by atoms with Crippen LogP contribution >= 0.6 is 11.3 Å². The van der Waals surface area contributed by atoms with Gasteiger partial charge in [0.2, 0.25) is 0 Å². The molecule has 0 aromatic carbocycles. The van der Waals surface area contributed by atoms with Crippen LogP contribution in [-0.2, 0) is 17.9 Å². The van der Waals surface area contributed by atoms with Crippen LogP contribution in [0.1, 0.15) is 35.4 Å².